The summed E-state index contributed by atoms with van der Waals surface area (Å²) in [6.07, 6.45) is 1.83. The highest BCUT2D eigenvalue weighted by molar-refractivity contribution is 5.70. The highest BCUT2D eigenvalue weighted by atomic mass is 19.1. The lowest BCUT2D eigenvalue weighted by molar-refractivity contribution is -0.137. The van der Waals surface area contributed by atoms with Crippen LogP contribution in [-0.4, -0.2) is 18.2 Å². The first-order valence-corrected chi connectivity index (χ1v) is 5.57. The normalized spacial score (nSPS) is 16.8. The minimum absolute atomic E-state index is 0.116. The second kappa shape index (κ2) is 4.45. The van der Waals surface area contributed by atoms with Crippen LogP contribution in [0, 0.1) is 5.82 Å². The molecule has 1 aromatic rings. The number of halogens is 1. The van der Waals surface area contributed by atoms with Crippen LogP contribution in [0.4, 0.5) is 4.39 Å². The Balaban J connectivity index is 2.27. The van der Waals surface area contributed by atoms with E-state index >= 15 is 0 Å². The van der Waals surface area contributed by atoms with E-state index in [0.717, 1.165) is 18.4 Å². The van der Waals surface area contributed by atoms with Crippen LogP contribution in [0.3, 0.4) is 0 Å². The number of aliphatic carboxylic acids is 1. The van der Waals surface area contributed by atoms with E-state index in [9.17, 15) is 9.18 Å². The molecule has 1 N–H and O–H groups in total. The van der Waals surface area contributed by atoms with Crippen molar-refractivity contribution in [3.8, 4) is 0 Å². The minimum atomic E-state index is -0.805. The van der Waals surface area contributed by atoms with Gasteiger partial charge in [0.15, 0.2) is 0 Å². The number of hydrogen-bond acceptors (Lipinski definition) is 2. The molecule has 17 heavy (non-hydrogen) atoms. The molecule has 0 aromatic heterocycles. The summed E-state index contributed by atoms with van der Waals surface area (Å²) in [7, 11) is 1.51. The van der Waals surface area contributed by atoms with Crippen LogP contribution < -0.4 is 0 Å². The summed E-state index contributed by atoms with van der Waals surface area (Å²) in [5, 5.41) is 8.88. The zero-order chi connectivity index (χ0) is 12.5. The van der Waals surface area contributed by atoms with Gasteiger partial charge in [0.1, 0.15) is 5.82 Å². The predicted octanol–water partition coefficient (Wildman–Crippen LogP) is 2.48. The van der Waals surface area contributed by atoms with Crippen molar-refractivity contribution >= 4 is 5.97 Å². The van der Waals surface area contributed by atoms with Crippen molar-refractivity contribution in [2.45, 2.75) is 31.3 Å². The molecule has 1 aliphatic rings. The highest BCUT2D eigenvalue weighted by Crippen LogP contribution is 2.51. The standard InChI is InChI=1S/C13H15FO3/c1-17-8-9-6-10(2-3-11(9)14)13(4-5-13)7-12(15)16/h2-3,6H,4-5,7-8H2,1H3,(H,15,16). The van der Waals surface area contributed by atoms with Gasteiger partial charge in [-0.25, -0.2) is 4.39 Å². The van der Waals surface area contributed by atoms with Crippen molar-refractivity contribution in [3.05, 3.63) is 35.1 Å². The van der Waals surface area contributed by atoms with Gasteiger partial charge in [0.25, 0.3) is 0 Å². The molecule has 1 saturated carbocycles. The number of carboxylic acid groups (broad SMARTS) is 1. The Morgan fingerprint density at radius 3 is 2.76 bits per heavy atom. The van der Waals surface area contributed by atoms with Crippen molar-refractivity contribution in [3.63, 3.8) is 0 Å². The molecule has 1 aromatic carbocycles. The molecule has 0 saturated heterocycles. The second-order valence-corrected chi connectivity index (χ2v) is 4.59. The molecular weight excluding hydrogens is 223 g/mol. The van der Waals surface area contributed by atoms with E-state index in [-0.39, 0.29) is 24.3 Å². The summed E-state index contributed by atoms with van der Waals surface area (Å²) >= 11 is 0. The minimum Gasteiger partial charge on any atom is -0.481 e. The van der Waals surface area contributed by atoms with Gasteiger partial charge < -0.3 is 9.84 Å². The lowest BCUT2D eigenvalue weighted by Gasteiger charge is -2.14. The first-order valence-electron chi connectivity index (χ1n) is 5.57. The predicted molar refractivity (Wildman–Crippen MR) is 60.3 cm³/mol. The monoisotopic (exact) mass is 238 g/mol. The lowest BCUT2D eigenvalue weighted by atomic mass is 9.91. The summed E-state index contributed by atoms with van der Waals surface area (Å²) in [5.41, 5.74) is 1.12. The van der Waals surface area contributed by atoms with Gasteiger partial charge in [-0.05, 0) is 30.5 Å². The molecule has 2 rings (SSSR count). The Labute approximate surface area is 99.2 Å². The van der Waals surface area contributed by atoms with E-state index in [4.69, 9.17) is 9.84 Å². The average molecular weight is 238 g/mol. The molecule has 0 atom stereocenters. The van der Waals surface area contributed by atoms with E-state index in [1.54, 1.807) is 12.1 Å². The van der Waals surface area contributed by atoms with E-state index in [1.165, 1.54) is 13.2 Å². The Morgan fingerprint density at radius 2 is 2.24 bits per heavy atom. The topological polar surface area (TPSA) is 46.5 Å². The van der Waals surface area contributed by atoms with E-state index in [0.29, 0.717) is 5.56 Å². The quantitative estimate of drug-likeness (QED) is 0.857. The molecule has 0 radical (unpaired) electrons. The SMILES string of the molecule is COCc1cc(C2(CC(=O)O)CC2)ccc1F. The van der Waals surface area contributed by atoms with Crippen LogP contribution in [-0.2, 0) is 21.6 Å². The molecule has 0 aliphatic heterocycles. The van der Waals surface area contributed by atoms with Crippen molar-refractivity contribution < 1.29 is 19.0 Å². The van der Waals surface area contributed by atoms with Gasteiger partial charge in [-0.15, -0.1) is 0 Å². The van der Waals surface area contributed by atoms with Crippen molar-refractivity contribution in [2.24, 2.45) is 0 Å². The summed E-state index contributed by atoms with van der Waals surface area (Å²) in [6.45, 7) is 0.211. The summed E-state index contributed by atoms with van der Waals surface area (Å²) in [6, 6.07) is 4.81. The number of ether oxygens (including phenoxy) is 1. The van der Waals surface area contributed by atoms with Crippen LogP contribution in [0.25, 0.3) is 0 Å². The Kier molecular flexibility index (Phi) is 3.15. The van der Waals surface area contributed by atoms with Crippen LogP contribution >= 0.6 is 0 Å². The summed E-state index contributed by atoms with van der Waals surface area (Å²) in [5.74, 6) is -1.11. The van der Waals surface area contributed by atoms with Crippen molar-refractivity contribution in [2.75, 3.05) is 7.11 Å². The van der Waals surface area contributed by atoms with Gasteiger partial charge >= 0.3 is 5.97 Å². The summed E-state index contributed by atoms with van der Waals surface area (Å²) < 4.78 is 18.4. The number of carbonyl (C=O) groups is 1. The lowest BCUT2D eigenvalue weighted by Crippen LogP contribution is -2.13. The molecule has 4 heteroatoms. The Bertz CT molecular complexity index is 438. The Morgan fingerprint density at radius 1 is 1.53 bits per heavy atom. The molecule has 1 fully saturated rings. The van der Waals surface area contributed by atoms with Gasteiger partial charge in [-0.3, -0.25) is 4.79 Å². The maximum Gasteiger partial charge on any atom is 0.304 e. The van der Waals surface area contributed by atoms with Crippen molar-refractivity contribution in [1.29, 1.82) is 0 Å². The van der Waals surface area contributed by atoms with Crippen LogP contribution in [0.15, 0.2) is 18.2 Å². The number of hydrogen-bond donors (Lipinski definition) is 1. The first kappa shape index (κ1) is 12.0. The summed E-state index contributed by atoms with van der Waals surface area (Å²) in [4.78, 5) is 10.8. The van der Waals surface area contributed by atoms with Crippen LogP contribution in [0.1, 0.15) is 30.4 Å². The number of carboxylic acids is 1. The fourth-order valence-corrected chi connectivity index (χ4v) is 2.18. The van der Waals surface area contributed by atoms with Gasteiger partial charge in [0.05, 0.1) is 13.0 Å². The molecular formula is C13H15FO3. The molecule has 92 valence electrons. The smallest absolute Gasteiger partial charge is 0.304 e. The molecule has 3 nitrogen and oxygen atoms in total. The van der Waals surface area contributed by atoms with E-state index in [2.05, 4.69) is 0 Å². The fourth-order valence-electron chi connectivity index (χ4n) is 2.18. The third kappa shape index (κ3) is 2.47. The molecule has 1 aliphatic carbocycles. The van der Waals surface area contributed by atoms with Crippen LogP contribution in [0.2, 0.25) is 0 Å². The van der Waals surface area contributed by atoms with E-state index in [1.807, 2.05) is 0 Å². The largest absolute Gasteiger partial charge is 0.481 e. The maximum atomic E-state index is 13.4. The van der Waals surface area contributed by atoms with Crippen molar-refractivity contribution in [1.82, 2.24) is 0 Å². The third-order valence-corrected chi connectivity index (χ3v) is 3.30. The van der Waals surface area contributed by atoms with Gasteiger partial charge in [0, 0.05) is 18.1 Å². The first-order chi connectivity index (χ1) is 8.07. The zero-order valence-corrected chi connectivity index (χ0v) is 9.70. The van der Waals surface area contributed by atoms with Gasteiger partial charge in [-0.1, -0.05) is 6.07 Å². The second-order valence-electron chi connectivity index (χ2n) is 4.59. The fraction of sp³-hybridized carbons (Fsp3) is 0.462. The molecule has 0 unspecified atom stereocenters. The number of methoxy groups -OCH3 is 1. The molecule has 0 heterocycles. The highest BCUT2D eigenvalue weighted by Gasteiger charge is 2.46. The maximum absolute atomic E-state index is 13.4. The average Bonchev–Trinajstić information content (AvgIpc) is 3.01. The van der Waals surface area contributed by atoms with Gasteiger partial charge in [0.2, 0.25) is 0 Å². The molecule has 0 spiro atoms. The molecule has 0 amide bonds. The number of benzene rings is 1. The molecule has 0 bridgehead atoms. The third-order valence-electron chi connectivity index (χ3n) is 3.30. The van der Waals surface area contributed by atoms with Gasteiger partial charge in [-0.2, -0.15) is 0 Å². The zero-order valence-electron chi connectivity index (χ0n) is 9.70. The van der Waals surface area contributed by atoms with E-state index < -0.39 is 5.97 Å². The Hall–Kier alpha value is -1.42. The van der Waals surface area contributed by atoms with Crippen LogP contribution in [0.5, 0.6) is 0 Å². The number of rotatable bonds is 5.